The van der Waals surface area contributed by atoms with Gasteiger partial charge in [-0.25, -0.2) is 4.98 Å². The zero-order valence-corrected chi connectivity index (χ0v) is 18.5. The molecule has 5 rings (SSSR count). The molecule has 2 aliphatic rings. The van der Waals surface area contributed by atoms with Crippen LogP contribution in [0.1, 0.15) is 37.8 Å². The molecular formula is C26H32N4O. The molecule has 0 atom stereocenters. The summed E-state index contributed by atoms with van der Waals surface area (Å²) in [5.41, 5.74) is 2.77. The fourth-order valence-electron chi connectivity index (χ4n) is 5.23. The van der Waals surface area contributed by atoms with Crippen LogP contribution >= 0.6 is 0 Å². The Labute approximate surface area is 184 Å². The minimum Gasteiger partial charge on any atom is -0.355 e. The third kappa shape index (κ3) is 4.24. The molecule has 0 radical (unpaired) electrons. The Bertz CT molecular complexity index is 1090. The molecule has 1 aliphatic carbocycles. The minimum atomic E-state index is 0.0503. The van der Waals surface area contributed by atoms with Gasteiger partial charge in [0.15, 0.2) is 5.43 Å². The van der Waals surface area contributed by atoms with Crippen molar-refractivity contribution in [1.29, 1.82) is 0 Å². The summed E-state index contributed by atoms with van der Waals surface area (Å²) in [4.78, 5) is 22.8. The van der Waals surface area contributed by atoms with Crippen molar-refractivity contribution in [3.05, 3.63) is 64.4 Å². The summed E-state index contributed by atoms with van der Waals surface area (Å²) in [7, 11) is 0. The number of nitrogens with zero attached hydrogens (tertiary/aromatic N) is 4. The van der Waals surface area contributed by atoms with Crippen LogP contribution < -0.4 is 10.3 Å². The Morgan fingerprint density at radius 2 is 1.68 bits per heavy atom. The van der Waals surface area contributed by atoms with Crippen molar-refractivity contribution in [2.24, 2.45) is 5.92 Å². The largest absolute Gasteiger partial charge is 0.355 e. The quantitative estimate of drug-likeness (QED) is 0.632. The molecule has 0 spiro atoms. The maximum absolute atomic E-state index is 13.0. The SMILES string of the molecule is Cc1ccc2c(=O)cc(N3CCN(CC4CCCCC4)CC3)n(-c3ccccc3)c2n1. The molecule has 5 nitrogen and oxygen atoms in total. The monoisotopic (exact) mass is 416 g/mol. The highest BCUT2D eigenvalue weighted by Crippen LogP contribution is 2.27. The molecule has 0 amide bonds. The van der Waals surface area contributed by atoms with Crippen molar-refractivity contribution in [2.75, 3.05) is 37.6 Å². The van der Waals surface area contributed by atoms with Gasteiger partial charge < -0.3 is 4.90 Å². The van der Waals surface area contributed by atoms with Crippen LogP contribution in [0.3, 0.4) is 0 Å². The smallest absolute Gasteiger partial charge is 0.193 e. The second kappa shape index (κ2) is 8.83. The Kier molecular flexibility index (Phi) is 5.77. The number of hydrogen-bond acceptors (Lipinski definition) is 4. The molecule has 0 bridgehead atoms. The number of aryl methyl sites for hydroxylation is 1. The van der Waals surface area contributed by atoms with Gasteiger partial charge in [0.2, 0.25) is 0 Å². The standard InChI is InChI=1S/C26H32N4O/c1-20-12-13-23-24(31)18-25(30(26(23)27-20)22-10-6-3-7-11-22)29-16-14-28(15-17-29)19-21-8-4-2-5-9-21/h3,6-7,10-13,18,21H,2,4-5,8-9,14-17,19H2,1H3. The zero-order valence-electron chi connectivity index (χ0n) is 18.5. The third-order valence-corrected chi connectivity index (χ3v) is 6.93. The first kappa shape index (κ1) is 20.3. The highest BCUT2D eigenvalue weighted by atomic mass is 16.1. The van der Waals surface area contributed by atoms with E-state index < -0.39 is 0 Å². The van der Waals surface area contributed by atoms with Crippen molar-refractivity contribution in [2.45, 2.75) is 39.0 Å². The topological polar surface area (TPSA) is 41.4 Å². The molecule has 3 heterocycles. The Morgan fingerprint density at radius 1 is 0.935 bits per heavy atom. The van der Waals surface area contributed by atoms with E-state index in [0.29, 0.717) is 5.39 Å². The van der Waals surface area contributed by atoms with E-state index in [1.165, 1.54) is 38.6 Å². The van der Waals surface area contributed by atoms with Crippen molar-refractivity contribution >= 4 is 16.9 Å². The van der Waals surface area contributed by atoms with Gasteiger partial charge in [0.25, 0.3) is 0 Å². The zero-order chi connectivity index (χ0) is 21.2. The van der Waals surface area contributed by atoms with E-state index >= 15 is 0 Å². The van der Waals surface area contributed by atoms with Crippen LogP contribution in [0, 0.1) is 12.8 Å². The van der Waals surface area contributed by atoms with Crippen LogP contribution in [0.15, 0.2) is 53.3 Å². The van der Waals surface area contributed by atoms with Gasteiger partial charge in [-0.1, -0.05) is 37.5 Å². The van der Waals surface area contributed by atoms with Crippen LogP contribution in [0.5, 0.6) is 0 Å². The van der Waals surface area contributed by atoms with Crippen LogP contribution in [-0.2, 0) is 0 Å². The normalized spacial score (nSPS) is 18.5. The van der Waals surface area contributed by atoms with E-state index in [1.807, 2.05) is 43.3 Å². The molecule has 3 aromatic rings. The molecule has 31 heavy (non-hydrogen) atoms. The summed E-state index contributed by atoms with van der Waals surface area (Å²) in [5, 5.41) is 0.675. The van der Waals surface area contributed by atoms with Gasteiger partial charge in [-0.05, 0) is 49.9 Å². The summed E-state index contributed by atoms with van der Waals surface area (Å²) in [6, 6.07) is 15.9. The number of anilines is 1. The second-order valence-corrected chi connectivity index (χ2v) is 9.15. The van der Waals surface area contributed by atoms with Gasteiger partial charge in [-0.3, -0.25) is 14.3 Å². The van der Waals surface area contributed by atoms with E-state index in [1.54, 1.807) is 0 Å². The van der Waals surface area contributed by atoms with Crippen molar-refractivity contribution < 1.29 is 0 Å². The van der Waals surface area contributed by atoms with Gasteiger partial charge in [0.1, 0.15) is 11.5 Å². The number of piperazine rings is 1. The van der Waals surface area contributed by atoms with E-state index in [2.05, 4.69) is 26.5 Å². The molecule has 2 fully saturated rings. The van der Waals surface area contributed by atoms with Crippen LogP contribution in [0.4, 0.5) is 5.82 Å². The van der Waals surface area contributed by atoms with Crippen molar-refractivity contribution in [3.63, 3.8) is 0 Å². The van der Waals surface area contributed by atoms with Gasteiger partial charge in [-0.2, -0.15) is 0 Å². The molecule has 0 N–H and O–H groups in total. The molecule has 1 saturated heterocycles. The molecular weight excluding hydrogens is 384 g/mol. The highest BCUT2D eigenvalue weighted by Gasteiger charge is 2.24. The first-order valence-corrected chi connectivity index (χ1v) is 11.8. The fourth-order valence-corrected chi connectivity index (χ4v) is 5.23. The third-order valence-electron chi connectivity index (χ3n) is 6.93. The number of aromatic nitrogens is 2. The molecule has 1 aromatic carbocycles. The number of benzene rings is 1. The number of fused-ring (bicyclic) bond motifs is 1. The van der Waals surface area contributed by atoms with Crippen molar-refractivity contribution in [3.8, 4) is 5.69 Å². The minimum absolute atomic E-state index is 0.0503. The second-order valence-electron chi connectivity index (χ2n) is 9.15. The van der Waals surface area contributed by atoms with E-state index in [-0.39, 0.29) is 5.43 Å². The predicted molar refractivity (Wildman–Crippen MR) is 127 cm³/mol. The van der Waals surface area contributed by atoms with Gasteiger partial charge >= 0.3 is 0 Å². The molecule has 1 saturated carbocycles. The Morgan fingerprint density at radius 3 is 2.42 bits per heavy atom. The van der Waals surface area contributed by atoms with Crippen molar-refractivity contribution in [1.82, 2.24) is 14.5 Å². The van der Waals surface area contributed by atoms with Crippen LogP contribution in [0.25, 0.3) is 16.7 Å². The van der Waals surface area contributed by atoms with Crippen LogP contribution in [0.2, 0.25) is 0 Å². The van der Waals surface area contributed by atoms with E-state index in [9.17, 15) is 4.79 Å². The Hall–Kier alpha value is -2.66. The van der Waals surface area contributed by atoms with Gasteiger partial charge in [-0.15, -0.1) is 0 Å². The number of para-hydroxylation sites is 1. The number of hydrogen-bond donors (Lipinski definition) is 0. The lowest BCUT2D eigenvalue weighted by Gasteiger charge is -2.39. The summed E-state index contributed by atoms with van der Waals surface area (Å²) < 4.78 is 2.17. The lowest BCUT2D eigenvalue weighted by molar-refractivity contribution is 0.191. The maximum Gasteiger partial charge on any atom is 0.193 e. The first-order valence-electron chi connectivity index (χ1n) is 11.8. The Balaban J connectivity index is 1.46. The van der Waals surface area contributed by atoms with Gasteiger partial charge in [0.05, 0.1) is 5.39 Å². The summed E-state index contributed by atoms with van der Waals surface area (Å²) in [6.45, 7) is 7.21. The summed E-state index contributed by atoms with van der Waals surface area (Å²) >= 11 is 0. The average Bonchev–Trinajstić information content (AvgIpc) is 2.80. The highest BCUT2D eigenvalue weighted by molar-refractivity contribution is 5.80. The lowest BCUT2D eigenvalue weighted by Crippen LogP contribution is -2.48. The maximum atomic E-state index is 13.0. The van der Waals surface area contributed by atoms with E-state index in [4.69, 9.17) is 4.98 Å². The molecule has 0 unspecified atom stereocenters. The molecule has 1 aliphatic heterocycles. The lowest BCUT2D eigenvalue weighted by atomic mass is 9.89. The molecule has 162 valence electrons. The first-order chi connectivity index (χ1) is 15.2. The number of pyridine rings is 2. The average molecular weight is 417 g/mol. The molecule has 2 aromatic heterocycles. The van der Waals surface area contributed by atoms with E-state index in [0.717, 1.165) is 54.9 Å². The predicted octanol–water partition coefficient (Wildman–Crippen LogP) is 4.40. The fraction of sp³-hybridized carbons (Fsp3) is 0.462. The summed E-state index contributed by atoms with van der Waals surface area (Å²) in [5.74, 6) is 1.83. The van der Waals surface area contributed by atoms with Crippen LogP contribution in [-0.4, -0.2) is 47.2 Å². The van der Waals surface area contributed by atoms with Gasteiger partial charge in [0, 0.05) is 50.2 Å². The number of rotatable bonds is 4. The summed E-state index contributed by atoms with van der Waals surface area (Å²) in [6.07, 6.45) is 7.00. The molecule has 5 heteroatoms.